The van der Waals surface area contributed by atoms with Gasteiger partial charge in [0.25, 0.3) is 0 Å². The summed E-state index contributed by atoms with van der Waals surface area (Å²) in [5.74, 6) is 0. The molecule has 0 saturated heterocycles. The monoisotopic (exact) mass is 298 g/mol. The van der Waals surface area contributed by atoms with Crippen LogP contribution in [0.5, 0.6) is 0 Å². The molecule has 1 heterocycles. The van der Waals surface area contributed by atoms with Crippen LogP contribution in [0.3, 0.4) is 0 Å². The summed E-state index contributed by atoms with van der Waals surface area (Å²) in [7, 11) is 0. The standard InChI is InChI=1S/C21H14O2/c22-21-12-10-19-14-16(8-11-20(19)23-21)6-5-15-7-9-17-3-1-2-4-18(17)13-15/h1-14H/b6-5-. The van der Waals surface area contributed by atoms with Crippen LogP contribution >= 0.6 is 0 Å². The van der Waals surface area contributed by atoms with Crippen molar-refractivity contribution in [3.63, 3.8) is 0 Å². The zero-order valence-electron chi connectivity index (χ0n) is 12.4. The fourth-order valence-electron chi connectivity index (χ4n) is 2.70. The van der Waals surface area contributed by atoms with E-state index in [1.54, 1.807) is 6.07 Å². The molecular formula is C21H14O2. The SMILES string of the molecule is O=c1ccc2cc(/C=C\c3ccc4ccccc4c3)ccc2o1. The van der Waals surface area contributed by atoms with Gasteiger partial charge in [0.2, 0.25) is 0 Å². The lowest BCUT2D eigenvalue weighted by atomic mass is 10.1. The van der Waals surface area contributed by atoms with E-state index in [-0.39, 0.29) is 5.63 Å². The third kappa shape index (κ3) is 2.79. The first-order valence-corrected chi connectivity index (χ1v) is 7.49. The normalized spacial score (nSPS) is 11.5. The molecule has 4 rings (SSSR count). The molecule has 23 heavy (non-hydrogen) atoms. The molecule has 0 bridgehead atoms. The van der Waals surface area contributed by atoms with Crippen molar-refractivity contribution in [2.45, 2.75) is 0 Å². The molecule has 110 valence electrons. The highest BCUT2D eigenvalue weighted by atomic mass is 16.4. The van der Waals surface area contributed by atoms with Crippen molar-refractivity contribution >= 4 is 33.9 Å². The van der Waals surface area contributed by atoms with Gasteiger partial charge in [-0.15, -0.1) is 0 Å². The largest absolute Gasteiger partial charge is 0.423 e. The molecule has 2 heteroatoms. The van der Waals surface area contributed by atoms with Gasteiger partial charge in [-0.25, -0.2) is 4.79 Å². The van der Waals surface area contributed by atoms with E-state index in [0.29, 0.717) is 5.58 Å². The Labute approximate surface area is 133 Å². The Hall–Kier alpha value is -3.13. The van der Waals surface area contributed by atoms with Crippen LogP contribution in [-0.4, -0.2) is 0 Å². The van der Waals surface area contributed by atoms with E-state index < -0.39 is 0 Å². The zero-order valence-corrected chi connectivity index (χ0v) is 12.4. The highest BCUT2D eigenvalue weighted by molar-refractivity contribution is 5.87. The molecule has 0 aliphatic heterocycles. The molecule has 0 aliphatic carbocycles. The van der Waals surface area contributed by atoms with Gasteiger partial charge < -0.3 is 4.42 Å². The molecule has 0 N–H and O–H groups in total. The van der Waals surface area contributed by atoms with E-state index in [4.69, 9.17) is 4.42 Å². The van der Waals surface area contributed by atoms with Gasteiger partial charge in [-0.3, -0.25) is 0 Å². The highest BCUT2D eigenvalue weighted by Crippen LogP contribution is 2.19. The van der Waals surface area contributed by atoms with E-state index in [0.717, 1.165) is 16.5 Å². The first-order chi connectivity index (χ1) is 11.3. The maximum absolute atomic E-state index is 11.2. The van der Waals surface area contributed by atoms with Gasteiger partial charge in [0.15, 0.2) is 0 Å². The lowest BCUT2D eigenvalue weighted by molar-refractivity contribution is 0.561. The average Bonchev–Trinajstić information content (AvgIpc) is 2.59. The second-order valence-corrected chi connectivity index (χ2v) is 5.49. The summed E-state index contributed by atoms with van der Waals surface area (Å²) < 4.78 is 5.15. The minimum atomic E-state index is -0.322. The Morgan fingerprint density at radius 3 is 2.13 bits per heavy atom. The summed E-state index contributed by atoms with van der Waals surface area (Å²) in [5.41, 5.74) is 2.51. The molecule has 0 saturated carbocycles. The van der Waals surface area contributed by atoms with Crippen LogP contribution in [0.15, 0.2) is 82.0 Å². The number of fused-ring (bicyclic) bond motifs is 2. The average molecular weight is 298 g/mol. The Morgan fingerprint density at radius 1 is 0.652 bits per heavy atom. The summed E-state index contributed by atoms with van der Waals surface area (Å²) in [4.78, 5) is 11.2. The van der Waals surface area contributed by atoms with Gasteiger partial charge in [-0.05, 0) is 46.2 Å². The smallest absolute Gasteiger partial charge is 0.336 e. The Balaban J connectivity index is 1.69. The molecule has 0 spiro atoms. The first-order valence-electron chi connectivity index (χ1n) is 7.49. The van der Waals surface area contributed by atoms with E-state index in [1.807, 2.05) is 30.3 Å². The first kappa shape index (κ1) is 13.5. The van der Waals surface area contributed by atoms with Crippen molar-refractivity contribution in [2.75, 3.05) is 0 Å². The molecule has 0 fully saturated rings. The van der Waals surface area contributed by atoms with Crippen LogP contribution in [0.2, 0.25) is 0 Å². The molecule has 0 aliphatic rings. The van der Waals surface area contributed by atoms with Crippen molar-refractivity contribution < 1.29 is 4.42 Å². The fraction of sp³-hybridized carbons (Fsp3) is 0. The maximum Gasteiger partial charge on any atom is 0.336 e. The molecule has 3 aromatic carbocycles. The fourth-order valence-corrected chi connectivity index (χ4v) is 2.70. The second kappa shape index (κ2) is 5.58. The molecule has 2 nitrogen and oxygen atoms in total. The number of hydrogen-bond donors (Lipinski definition) is 0. The van der Waals surface area contributed by atoms with Gasteiger partial charge in [0.1, 0.15) is 5.58 Å². The van der Waals surface area contributed by atoms with Crippen molar-refractivity contribution in [2.24, 2.45) is 0 Å². The summed E-state index contributed by atoms with van der Waals surface area (Å²) in [6, 6.07) is 23.8. The van der Waals surface area contributed by atoms with E-state index in [9.17, 15) is 4.79 Å². The molecule has 0 amide bonds. The summed E-state index contributed by atoms with van der Waals surface area (Å²) in [6.07, 6.45) is 4.15. The minimum absolute atomic E-state index is 0.322. The Morgan fingerprint density at radius 2 is 1.30 bits per heavy atom. The molecule has 1 aromatic heterocycles. The highest BCUT2D eigenvalue weighted by Gasteiger charge is 1.98. The predicted molar refractivity (Wildman–Crippen MR) is 95.4 cm³/mol. The zero-order chi connectivity index (χ0) is 15.6. The predicted octanol–water partition coefficient (Wildman–Crippen LogP) is 5.12. The number of rotatable bonds is 2. The number of benzene rings is 3. The van der Waals surface area contributed by atoms with Crippen LogP contribution in [-0.2, 0) is 0 Å². The summed E-state index contributed by atoms with van der Waals surface area (Å²) in [6.45, 7) is 0. The topological polar surface area (TPSA) is 30.2 Å². The lowest BCUT2D eigenvalue weighted by Gasteiger charge is -2.00. The van der Waals surface area contributed by atoms with E-state index in [1.165, 1.54) is 16.8 Å². The molecule has 4 aromatic rings. The van der Waals surface area contributed by atoms with Crippen molar-refractivity contribution in [3.8, 4) is 0 Å². The van der Waals surface area contributed by atoms with E-state index >= 15 is 0 Å². The van der Waals surface area contributed by atoms with Crippen LogP contribution < -0.4 is 5.63 Å². The number of hydrogen-bond acceptors (Lipinski definition) is 2. The van der Waals surface area contributed by atoms with Crippen molar-refractivity contribution in [1.82, 2.24) is 0 Å². The Bertz CT molecular complexity index is 1090. The van der Waals surface area contributed by atoms with Crippen LogP contribution in [0, 0.1) is 0 Å². The molecule has 0 radical (unpaired) electrons. The Kier molecular flexibility index (Phi) is 3.28. The molecular weight excluding hydrogens is 284 g/mol. The van der Waals surface area contributed by atoms with Crippen LogP contribution in [0.1, 0.15) is 11.1 Å². The van der Waals surface area contributed by atoms with Crippen LogP contribution in [0.25, 0.3) is 33.9 Å². The van der Waals surface area contributed by atoms with Gasteiger partial charge in [-0.1, -0.05) is 54.6 Å². The van der Waals surface area contributed by atoms with Gasteiger partial charge in [0.05, 0.1) is 0 Å². The van der Waals surface area contributed by atoms with Crippen molar-refractivity contribution in [1.29, 1.82) is 0 Å². The van der Waals surface area contributed by atoms with Gasteiger partial charge in [-0.2, -0.15) is 0 Å². The van der Waals surface area contributed by atoms with Gasteiger partial charge >= 0.3 is 5.63 Å². The van der Waals surface area contributed by atoms with Crippen LogP contribution in [0.4, 0.5) is 0 Å². The quantitative estimate of drug-likeness (QED) is 0.380. The molecule has 0 unspecified atom stereocenters. The minimum Gasteiger partial charge on any atom is -0.423 e. The maximum atomic E-state index is 11.2. The van der Waals surface area contributed by atoms with E-state index in [2.05, 4.69) is 42.5 Å². The lowest BCUT2D eigenvalue weighted by Crippen LogP contribution is -1.93. The third-order valence-corrected chi connectivity index (χ3v) is 3.89. The molecule has 0 atom stereocenters. The summed E-state index contributed by atoms with van der Waals surface area (Å²) >= 11 is 0. The second-order valence-electron chi connectivity index (χ2n) is 5.49. The van der Waals surface area contributed by atoms with Crippen molar-refractivity contribution in [3.05, 3.63) is 94.3 Å². The van der Waals surface area contributed by atoms with Gasteiger partial charge in [0, 0.05) is 11.5 Å². The third-order valence-electron chi connectivity index (χ3n) is 3.89. The summed E-state index contributed by atoms with van der Waals surface area (Å²) in [5, 5.41) is 3.39.